The lowest BCUT2D eigenvalue weighted by molar-refractivity contribution is 0.0933. The van der Waals surface area contributed by atoms with E-state index in [1.807, 2.05) is 13.0 Å². The number of carbonyl (C=O) groups is 1. The van der Waals surface area contributed by atoms with Crippen molar-refractivity contribution in [1.82, 2.24) is 15.1 Å². The Kier molecular flexibility index (Phi) is 5.64. The number of rotatable bonds is 5. The Hall–Kier alpha value is -0.840. The average molecular weight is 342 g/mol. The van der Waals surface area contributed by atoms with Gasteiger partial charge in [0.2, 0.25) is 0 Å². The molecule has 1 aliphatic carbocycles. The third-order valence-electron chi connectivity index (χ3n) is 4.00. The van der Waals surface area contributed by atoms with E-state index in [0.29, 0.717) is 16.4 Å². The number of amides is 1. The average Bonchev–Trinajstić information content (AvgIpc) is 2.88. The Morgan fingerprint density at radius 3 is 2.95 bits per heavy atom. The van der Waals surface area contributed by atoms with Gasteiger partial charge in [0, 0.05) is 17.9 Å². The van der Waals surface area contributed by atoms with Crippen molar-refractivity contribution in [2.24, 2.45) is 5.92 Å². The van der Waals surface area contributed by atoms with Crippen LogP contribution in [0.2, 0.25) is 0 Å². The third-order valence-corrected chi connectivity index (χ3v) is 4.83. The maximum atomic E-state index is 12.3. The number of aryl methyl sites for hydroxylation is 2. The van der Waals surface area contributed by atoms with Crippen molar-refractivity contribution < 1.29 is 4.79 Å². The van der Waals surface area contributed by atoms with Crippen LogP contribution >= 0.6 is 15.9 Å². The van der Waals surface area contributed by atoms with Gasteiger partial charge in [0.1, 0.15) is 5.69 Å². The molecule has 1 aromatic heterocycles. The minimum atomic E-state index is 0.00995. The van der Waals surface area contributed by atoms with Crippen molar-refractivity contribution in [2.75, 3.05) is 6.54 Å². The highest BCUT2D eigenvalue weighted by molar-refractivity contribution is 9.09. The van der Waals surface area contributed by atoms with Crippen molar-refractivity contribution >= 4 is 21.8 Å². The second kappa shape index (κ2) is 7.25. The zero-order valence-electron chi connectivity index (χ0n) is 12.4. The standard InChI is InChI=1S/C15H24BrN3O/c1-3-13-9-14(19(4-2)18-13)15(20)17-10-11-6-5-7-12(16)8-11/h9,11-12H,3-8,10H2,1-2H3,(H,17,20). The van der Waals surface area contributed by atoms with Crippen LogP contribution in [0.15, 0.2) is 6.07 Å². The summed E-state index contributed by atoms with van der Waals surface area (Å²) >= 11 is 3.69. The van der Waals surface area contributed by atoms with Crippen molar-refractivity contribution in [3.05, 3.63) is 17.5 Å². The molecule has 0 radical (unpaired) electrons. The van der Waals surface area contributed by atoms with Crippen LogP contribution in [0, 0.1) is 5.92 Å². The van der Waals surface area contributed by atoms with E-state index in [1.165, 1.54) is 19.3 Å². The molecule has 1 aromatic rings. The lowest BCUT2D eigenvalue weighted by Crippen LogP contribution is -2.33. The number of aromatic nitrogens is 2. The molecule has 20 heavy (non-hydrogen) atoms. The topological polar surface area (TPSA) is 46.9 Å². The van der Waals surface area contributed by atoms with Crippen LogP contribution in [0.25, 0.3) is 0 Å². The second-order valence-corrected chi connectivity index (χ2v) is 6.83. The molecule has 0 spiro atoms. The summed E-state index contributed by atoms with van der Waals surface area (Å²) in [5, 5.41) is 7.50. The van der Waals surface area contributed by atoms with Crippen molar-refractivity contribution in [2.45, 2.75) is 57.3 Å². The maximum absolute atomic E-state index is 12.3. The number of hydrogen-bond donors (Lipinski definition) is 1. The Morgan fingerprint density at radius 1 is 1.50 bits per heavy atom. The maximum Gasteiger partial charge on any atom is 0.269 e. The highest BCUT2D eigenvalue weighted by Gasteiger charge is 2.21. The first-order valence-corrected chi connectivity index (χ1v) is 8.54. The summed E-state index contributed by atoms with van der Waals surface area (Å²) in [6.07, 6.45) is 5.75. The SMILES string of the molecule is CCc1cc(C(=O)NCC2CCCC(Br)C2)n(CC)n1. The largest absolute Gasteiger partial charge is 0.350 e. The fraction of sp³-hybridized carbons (Fsp3) is 0.733. The molecule has 2 unspecified atom stereocenters. The van der Waals surface area contributed by atoms with Gasteiger partial charge in [-0.3, -0.25) is 9.48 Å². The van der Waals surface area contributed by atoms with Gasteiger partial charge in [-0.1, -0.05) is 29.3 Å². The molecule has 4 nitrogen and oxygen atoms in total. The number of hydrogen-bond acceptors (Lipinski definition) is 2. The van der Waals surface area contributed by atoms with E-state index in [0.717, 1.165) is 31.6 Å². The molecule has 2 atom stereocenters. The molecule has 1 aliphatic rings. The molecule has 0 aromatic carbocycles. The molecule has 5 heteroatoms. The van der Waals surface area contributed by atoms with E-state index >= 15 is 0 Å². The number of alkyl halides is 1. The molecule has 2 rings (SSSR count). The Labute approximate surface area is 129 Å². The molecular weight excluding hydrogens is 318 g/mol. The van der Waals surface area contributed by atoms with E-state index < -0.39 is 0 Å². The van der Waals surface area contributed by atoms with Crippen LogP contribution in [-0.2, 0) is 13.0 Å². The van der Waals surface area contributed by atoms with E-state index in [4.69, 9.17) is 0 Å². The Balaban J connectivity index is 1.92. The van der Waals surface area contributed by atoms with E-state index in [9.17, 15) is 4.79 Å². The normalized spacial score (nSPS) is 22.8. The van der Waals surface area contributed by atoms with Gasteiger partial charge >= 0.3 is 0 Å². The first-order chi connectivity index (χ1) is 9.63. The second-order valence-electron chi connectivity index (χ2n) is 5.53. The summed E-state index contributed by atoms with van der Waals surface area (Å²) < 4.78 is 1.79. The molecule has 0 bridgehead atoms. The van der Waals surface area contributed by atoms with Crippen LogP contribution in [-0.4, -0.2) is 27.1 Å². The molecule has 1 N–H and O–H groups in total. The minimum Gasteiger partial charge on any atom is -0.350 e. The van der Waals surface area contributed by atoms with Gasteiger partial charge < -0.3 is 5.32 Å². The fourth-order valence-electron chi connectivity index (χ4n) is 2.81. The molecule has 0 saturated heterocycles. The van der Waals surface area contributed by atoms with Gasteiger partial charge in [-0.15, -0.1) is 0 Å². The molecule has 1 heterocycles. The van der Waals surface area contributed by atoms with Gasteiger partial charge in [-0.2, -0.15) is 5.10 Å². The molecular formula is C15H24BrN3O. The summed E-state index contributed by atoms with van der Waals surface area (Å²) in [5.41, 5.74) is 1.67. The Morgan fingerprint density at radius 2 is 2.30 bits per heavy atom. The summed E-state index contributed by atoms with van der Waals surface area (Å²) in [4.78, 5) is 12.9. The summed E-state index contributed by atoms with van der Waals surface area (Å²) in [6, 6.07) is 1.91. The summed E-state index contributed by atoms with van der Waals surface area (Å²) in [6.45, 7) is 5.58. The van der Waals surface area contributed by atoms with Crippen molar-refractivity contribution in [1.29, 1.82) is 0 Å². The molecule has 1 amide bonds. The van der Waals surface area contributed by atoms with Crippen LogP contribution in [0.5, 0.6) is 0 Å². The van der Waals surface area contributed by atoms with Crippen LogP contribution < -0.4 is 5.32 Å². The van der Waals surface area contributed by atoms with Crippen LogP contribution in [0.1, 0.15) is 55.7 Å². The lowest BCUT2D eigenvalue weighted by Gasteiger charge is -2.25. The van der Waals surface area contributed by atoms with Crippen LogP contribution in [0.4, 0.5) is 0 Å². The highest BCUT2D eigenvalue weighted by atomic mass is 79.9. The zero-order chi connectivity index (χ0) is 14.5. The Bertz CT molecular complexity index is 458. The van der Waals surface area contributed by atoms with E-state index in [-0.39, 0.29) is 5.91 Å². The monoisotopic (exact) mass is 341 g/mol. The smallest absolute Gasteiger partial charge is 0.269 e. The van der Waals surface area contributed by atoms with Gasteiger partial charge in [-0.05, 0) is 44.6 Å². The number of halogens is 1. The predicted molar refractivity (Wildman–Crippen MR) is 84.3 cm³/mol. The third kappa shape index (κ3) is 3.84. The number of nitrogens with one attached hydrogen (secondary N) is 1. The van der Waals surface area contributed by atoms with Gasteiger partial charge in [-0.25, -0.2) is 0 Å². The molecule has 1 fully saturated rings. The zero-order valence-corrected chi connectivity index (χ0v) is 13.9. The highest BCUT2D eigenvalue weighted by Crippen LogP contribution is 2.28. The minimum absolute atomic E-state index is 0.00995. The van der Waals surface area contributed by atoms with E-state index in [1.54, 1.807) is 4.68 Å². The number of nitrogens with zero attached hydrogens (tertiary/aromatic N) is 2. The van der Waals surface area contributed by atoms with Gasteiger partial charge in [0.15, 0.2) is 0 Å². The van der Waals surface area contributed by atoms with E-state index in [2.05, 4.69) is 33.3 Å². The fourth-order valence-corrected chi connectivity index (χ4v) is 3.66. The van der Waals surface area contributed by atoms with Gasteiger partial charge in [0.05, 0.1) is 5.69 Å². The number of carbonyl (C=O) groups excluding carboxylic acids is 1. The summed E-state index contributed by atoms with van der Waals surface area (Å²) in [5.74, 6) is 0.608. The van der Waals surface area contributed by atoms with Gasteiger partial charge in [0.25, 0.3) is 5.91 Å². The predicted octanol–water partition coefficient (Wildman–Crippen LogP) is 3.15. The first-order valence-electron chi connectivity index (χ1n) is 7.63. The molecule has 112 valence electrons. The van der Waals surface area contributed by atoms with Crippen molar-refractivity contribution in [3.8, 4) is 0 Å². The van der Waals surface area contributed by atoms with Crippen molar-refractivity contribution in [3.63, 3.8) is 0 Å². The molecule has 0 aliphatic heterocycles. The molecule has 1 saturated carbocycles. The quantitative estimate of drug-likeness (QED) is 0.836. The summed E-state index contributed by atoms with van der Waals surface area (Å²) in [7, 11) is 0. The lowest BCUT2D eigenvalue weighted by atomic mass is 9.89. The van der Waals surface area contributed by atoms with Crippen LogP contribution in [0.3, 0.4) is 0 Å². The first kappa shape index (κ1) is 15.5.